The minimum Gasteiger partial charge on any atom is -0.495 e. The first-order chi connectivity index (χ1) is 10.3. The number of benzene rings is 1. The van der Waals surface area contributed by atoms with Crippen LogP contribution in [-0.4, -0.2) is 36.7 Å². The van der Waals surface area contributed by atoms with E-state index in [4.69, 9.17) is 4.74 Å². The van der Waals surface area contributed by atoms with Crippen molar-refractivity contribution >= 4 is 17.5 Å². The number of rotatable bonds is 5. The van der Waals surface area contributed by atoms with E-state index < -0.39 is 17.9 Å². The van der Waals surface area contributed by atoms with Crippen molar-refractivity contribution in [3.05, 3.63) is 24.3 Å². The van der Waals surface area contributed by atoms with Gasteiger partial charge in [0, 0.05) is 6.54 Å². The molecule has 0 aromatic heterocycles. The maximum Gasteiger partial charge on any atom is 0.313 e. The van der Waals surface area contributed by atoms with Crippen LogP contribution in [0.15, 0.2) is 24.3 Å². The molecule has 3 N–H and O–H groups in total. The predicted octanol–water partition coefficient (Wildman–Crippen LogP) is 1.55. The number of carbonyl (C=O) groups excluding carboxylic acids is 2. The Balaban J connectivity index is 2.48. The Kier molecular flexibility index (Phi) is 6.37. The second-order valence-corrected chi connectivity index (χ2v) is 6.08. The number of aliphatic hydroxyl groups excluding tert-OH is 1. The number of hydrogen-bond donors (Lipinski definition) is 3. The lowest BCUT2D eigenvalue weighted by Gasteiger charge is -2.25. The molecule has 1 aromatic rings. The van der Waals surface area contributed by atoms with Gasteiger partial charge >= 0.3 is 11.8 Å². The van der Waals surface area contributed by atoms with E-state index in [1.165, 1.54) is 7.11 Å². The minimum absolute atomic E-state index is 0.233. The fraction of sp³-hybridized carbons (Fsp3) is 0.500. The van der Waals surface area contributed by atoms with Crippen LogP contribution in [0.4, 0.5) is 5.69 Å². The van der Waals surface area contributed by atoms with Gasteiger partial charge in [-0.25, -0.2) is 0 Å². The zero-order chi connectivity index (χ0) is 16.8. The van der Waals surface area contributed by atoms with E-state index in [1.807, 2.05) is 20.8 Å². The molecule has 0 aliphatic heterocycles. The maximum atomic E-state index is 11.8. The van der Waals surface area contributed by atoms with Gasteiger partial charge in [0.15, 0.2) is 0 Å². The third kappa shape index (κ3) is 5.37. The summed E-state index contributed by atoms with van der Waals surface area (Å²) in [6.07, 6.45) is -0.165. The van der Waals surface area contributed by atoms with Crippen LogP contribution in [-0.2, 0) is 9.59 Å². The van der Waals surface area contributed by atoms with E-state index in [0.717, 1.165) is 0 Å². The van der Waals surface area contributed by atoms with E-state index in [2.05, 4.69) is 10.6 Å². The van der Waals surface area contributed by atoms with Gasteiger partial charge in [-0.1, -0.05) is 32.9 Å². The topological polar surface area (TPSA) is 87.7 Å². The third-order valence-electron chi connectivity index (χ3n) is 3.26. The van der Waals surface area contributed by atoms with Crippen molar-refractivity contribution in [2.75, 3.05) is 19.0 Å². The average Bonchev–Trinajstić information content (AvgIpc) is 2.46. The third-order valence-corrected chi connectivity index (χ3v) is 3.26. The molecule has 6 heteroatoms. The Morgan fingerprint density at radius 1 is 1.23 bits per heavy atom. The number of hydrogen-bond acceptors (Lipinski definition) is 4. The van der Waals surface area contributed by atoms with Crippen LogP contribution in [0.2, 0.25) is 0 Å². The molecule has 0 fully saturated rings. The number of anilines is 1. The molecule has 22 heavy (non-hydrogen) atoms. The minimum atomic E-state index is -0.769. The highest BCUT2D eigenvalue weighted by atomic mass is 16.5. The number of ether oxygens (including phenoxy) is 1. The zero-order valence-electron chi connectivity index (χ0n) is 13.5. The van der Waals surface area contributed by atoms with Gasteiger partial charge in [-0.2, -0.15) is 0 Å². The second-order valence-electron chi connectivity index (χ2n) is 6.08. The molecule has 0 saturated carbocycles. The normalized spacial score (nSPS) is 12.4. The molecule has 0 bridgehead atoms. The molecular weight excluding hydrogens is 284 g/mol. The summed E-state index contributed by atoms with van der Waals surface area (Å²) in [5.74, 6) is -1.03. The first-order valence-corrected chi connectivity index (χ1v) is 7.16. The van der Waals surface area contributed by atoms with Crippen LogP contribution in [0.5, 0.6) is 5.75 Å². The van der Waals surface area contributed by atoms with Crippen LogP contribution in [0.1, 0.15) is 27.2 Å². The predicted molar refractivity (Wildman–Crippen MR) is 84.7 cm³/mol. The van der Waals surface area contributed by atoms with Crippen molar-refractivity contribution in [1.29, 1.82) is 0 Å². The summed E-state index contributed by atoms with van der Waals surface area (Å²) in [6, 6.07) is 6.83. The molecule has 0 heterocycles. The van der Waals surface area contributed by atoms with Crippen molar-refractivity contribution in [3.63, 3.8) is 0 Å². The Hall–Kier alpha value is -2.08. The standard InChI is InChI=1S/C16H24N2O4/c1-16(2,3)13(19)9-10-17-14(20)15(21)18-11-7-5-6-8-12(11)22-4/h5-8,13,19H,9-10H2,1-4H3,(H,17,20)(H,18,21). The van der Waals surface area contributed by atoms with Gasteiger partial charge < -0.3 is 20.5 Å². The summed E-state index contributed by atoms with van der Waals surface area (Å²) in [5, 5.41) is 14.9. The molecule has 2 amide bonds. The fourth-order valence-corrected chi connectivity index (χ4v) is 1.76. The average molecular weight is 308 g/mol. The molecule has 0 aliphatic rings. The first-order valence-electron chi connectivity index (χ1n) is 7.16. The van der Waals surface area contributed by atoms with Crippen molar-refractivity contribution < 1.29 is 19.4 Å². The van der Waals surface area contributed by atoms with E-state index >= 15 is 0 Å². The van der Waals surface area contributed by atoms with Gasteiger partial charge in [-0.3, -0.25) is 9.59 Å². The molecule has 0 radical (unpaired) electrons. The van der Waals surface area contributed by atoms with Gasteiger partial charge in [0.1, 0.15) is 5.75 Å². The highest BCUT2D eigenvalue weighted by molar-refractivity contribution is 6.39. The Labute approximate surface area is 130 Å². The summed E-state index contributed by atoms with van der Waals surface area (Å²) in [4.78, 5) is 23.5. The van der Waals surface area contributed by atoms with Gasteiger partial charge in [-0.05, 0) is 24.0 Å². The SMILES string of the molecule is COc1ccccc1NC(=O)C(=O)NCCC(O)C(C)(C)C. The van der Waals surface area contributed by atoms with Crippen LogP contribution in [0.3, 0.4) is 0 Å². The van der Waals surface area contributed by atoms with Crippen molar-refractivity contribution in [3.8, 4) is 5.75 Å². The number of methoxy groups -OCH3 is 1. The first kappa shape index (κ1) is 18.0. The number of carbonyl (C=O) groups is 2. The Bertz CT molecular complexity index is 523. The van der Waals surface area contributed by atoms with Crippen molar-refractivity contribution in [2.24, 2.45) is 5.41 Å². The summed E-state index contributed by atoms with van der Waals surface area (Å²) in [6.45, 7) is 5.96. The van der Waals surface area contributed by atoms with Crippen molar-refractivity contribution in [1.82, 2.24) is 5.32 Å². The Morgan fingerprint density at radius 2 is 1.86 bits per heavy atom. The number of nitrogens with one attached hydrogen (secondary N) is 2. The number of aliphatic hydroxyl groups is 1. The van der Waals surface area contributed by atoms with Gasteiger partial charge in [0.25, 0.3) is 0 Å². The van der Waals surface area contributed by atoms with Gasteiger partial charge in [0.2, 0.25) is 0 Å². The fourth-order valence-electron chi connectivity index (χ4n) is 1.76. The molecule has 1 unspecified atom stereocenters. The van der Waals surface area contributed by atoms with Crippen LogP contribution < -0.4 is 15.4 Å². The number of amides is 2. The lowest BCUT2D eigenvalue weighted by Crippen LogP contribution is -2.38. The lowest BCUT2D eigenvalue weighted by atomic mass is 9.87. The largest absolute Gasteiger partial charge is 0.495 e. The zero-order valence-corrected chi connectivity index (χ0v) is 13.5. The van der Waals surface area contributed by atoms with Crippen molar-refractivity contribution in [2.45, 2.75) is 33.3 Å². The van der Waals surface area contributed by atoms with Crippen LogP contribution >= 0.6 is 0 Å². The summed E-state index contributed by atoms with van der Waals surface area (Å²) in [7, 11) is 1.49. The lowest BCUT2D eigenvalue weighted by molar-refractivity contribution is -0.136. The van der Waals surface area contributed by atoms with Crippen LogP contribution in [0.25, 0.3) is 0 Å². The Morgan fingerprint density at radius 3 is 2.45 bits per heavy atom. The quantitative estimate of drug-likeness (QED) is 0.720. The molecule has 0 aliphatic carbocycles. The second kappa shape index (κ2) is 7.79. The van der Waals surface area contributed by atoms with E-state index in [1.54, 1.807) is 24.3 Å². The molecule has 6 nitrogen and oxygen atoms in total. The summed E-state index contributed by atoms with van der Waals surface area (Å²) < 4.78 is 5.10. The molecular formula is C16H24N2O4. The van der Waals surface area contributed by atoms with Gasteiger partial charge in [-0.15, -0.1) is 0 Å². The maximum absolute atomic E-state index is 11.8. The monoisotopic (exact) mass is 308 g/mol. The molecule has 1 rings (SSSR count). The van der Waals surface area contributed by atoms with E-state index in [0.29, 0.717) is 17.9 Å². The molecule has 1 atom stereocenters. The summed E-state index contributed by atoms with van der Waals surface area (Å²) in [5.41, 5.74) is 0.171. The molecule has 122 valence electrons. The van der Waals surface area contributed by atoms with Gasteiger partial charge in [0.05, 0.1) is 18.9 Å². The summed E-state index contributed by atoms with van der Waals surface area (Å²) >= 11 is 0. The smallest absolute Gasteiger partial charge is 0.313 e. The molecule has 1 aromatic carbocycles. The van der Waals surface area contributed by atoms with E-state index in [-0.39, 0.29) is 12.0 Å². The molecule has 0 saturated heterocycles. The number of para-hydroxylation sites is 2. The highest BCUT2D eigenvalue weighted by Gasteiger charge is 2.22. The van der Waals surface area contributed by atoms with E-state index in [9.17, 15) is 14.7 Å². The molecule has 0 spiro atoms. The van der Waals surface area contributed by atoms with Crippen LogP contribution in [0, 0.1) is 5.41 Å². The highest BCUT2D eigenvalue weighted by Crippen LogP contribution is 2.23.